The normalized spacial score (nSPS) is 21.1. The van der Waals surface area contributed by atoms with Crippen molar-refractivity contribution in [3.8, 4) is 0 Å². The number of amides is 4. The number of allylic oxidation sites excluding steroid dienone is 2. The molecule has 6 heteroatoms. The van der Waals surface area contributed by atoms with Crippen molar-refractivity contribution in [1.29, 1.82) is 0 Å². The zero-order valence-corrected chi connectivity index (χ0v) is 15.0. The van der Waals surface area contributed by atoms with E-state index >= 15 is 0 Å². The van der Waals surface area contributed by atoms with Crippen LogP contribution in [0.2, 0.25) is 0 Å². The van der Waals surface area contributed by atoms with E-state index in [1.807, 2.05) is 20.8 Å². The van der Waals surface area contributed by atoms with Crippen molar-refractivity contribution in [2.24, 2.45) is 5.92 Å². The first-order valence-electron chi connectivity index (χ1n) is 9.05. The Morgan fingerprint density at radius 2 is 2.12 bits per heavy atom. The average molecular weight is 335 g/mol. The first-order chi connectivity index (χ1) is 11.4. The molecule has 1 aliphatic carbocycles. The lowest BCUT2D eigenvalue weighted by Gasteiger charge is -2.28. The zero-order valence-electron chi connectivity index (χ0n) is 15.0. The number of carbonyl (C=O) groups excluding carboxylic acids is 3. The van der Waals surface area contributed by atoms with Crippen LogP contribution in [-0.2, 0) is 9.59 Å². The molecule has 0 aromatic heterocycles. The van der Waals surface area contributed by atoms with Crippen molar-refractivity contribution in [2.45, 2.75) is 65.3 Å². The van der Waals surface area contributed by atoms with E-state index in [1.165, 1.54) is 0 Å². The van der Waals surface area contributed by atoms with Crippen molar-refractivity contribution in [2.75, 3.05) is 13.1 Å². The number of imide groups is 1. The predicted octanol–water partition coefficient (Wildman–Crippen LogP) is 2.65. The summed E-state index contributed by atoms with van der Waals surface area (Å²) in [4.78, 5) is 40.0. The molecule has 0 aromatic rings. The molecule has 1 atom stereocenters. The highest BCUT2D eigenvalue weighted by atomic mass is 16.2. The molecule has 0 spiro atoms. The number of nitrogens with one attached hydrogen (secondary N) is 1. The Morgan fingerprint density at radius 3 is 2.71 bits per heavy atom. The molecule has 1 fully saturated rings. The van der Waals surface area contributed by atoms with Crippen LogP contribution >= 0.6 is 0 Å². The number of hydrogen-bond donors (Lipinski definition) is 1. The standard InChI is InChI=1S/C18H29N3O3/c1-4-10-20(14-8-6-5-7-9-14)16(22)12-21-17(23)15(11-13(2)3)19-18(21)24/h8,13,15H,4-7,9-12H2,1-3H3,(H,19,24)/t15-/m1/s1. The second-order valence-corrected chi connectivity index (χ2v) is 7.04. The minimum Gasteiger partial charge on any atom is -0.326 e. The quantitative estimate of drug-likeness (QED) is 0.727. The van der Waals surface area contributed by atoms with Crippen molar-refractivity contribution >= 4 is 17.8 Å². The van der Waals surface area contributed by atoms with Crippen LogP contribution in [0.3, 0.4) is 0 Å². The molecule has 134 valence electrons. The molecule has 0 unspecified atom stereocenters. The second-order valence-electron chi connectivity index (χ2n) is 7.04. The number of nitrogens with zero attached hydrogens (tertiary/aromatic N) is 2. The SMILES string of the molecule is CCCN(C(=O)CN1C(=O)N[C@H](CC(C)C)C1=O)C1=CCCCC1. The van der Waals surface area contributed by atoms with E-state index in [0.29, 0.717) is 18.9 Å². The molecule has 0 saturated carbocycles. The maximum absolute atomic E-state index is 12.7. The Balaban J connectivity index is 2.04. The minimum atomic E-state index is -0.501. The van der Waals surface area contributed by atoms with Gasteiger partial charge < -0.3 is 10.2 Å². The van der Waals surface area contributed by atoms with E-state index < -0.39 is 12.1 Å². The van der Waals surface area contributed by atoms with Crippen LogP contribution in [0.1, 0.15) is 59.3 Å². The van der Waals surface area contributed by atoms with Gasteiger partial charge in [-0.3, -0.25) is 14.5 Å². The number of hydrogen-bond acceptors (Lipinski definition) is 3. The van der Waals surface area contributed by atoms with Gasteiger partial charge >= 0.3 is 6.03 Å². The van der Waals surface area contributed by atoms with Crippen LogP contribution in [0.4, 0.5) is 4.79 Å². The monoisotopic (exact) mass is 335 g/mol. The second kappa shape index (κ2) is 8.31. The molecular formula is C18H29N3O3. The molecular weight excluding hydrogens is 306 g/mol. The summed E-state index contributed by atoms with van der Waals surface area (Å²) in [5.74, 6) is -0.145. The summed E-state index contributed by atoms with van der Waals surface area (Å²) < 4.78 is 0. The van der Waals surface area contributed by atoms with Gasteiger partial charge in [-0.05, 0) is 44.4 Å². The van der Waals surface area contributed by atoms with Gasteiger partial charge in [-0.25, -0.2) is 4.79 Å². The van der Waals surface area contributed by atoms with Crippen LogP contribution in [0.25, 0.3) is 0 Å². The van der Waals surface area contributed by atoms with Crippen LogP contribution < -0.4 is 5.32 Å². The third-order valence-corrected chi connectivity index (χ3v) is 4.47. The number of carbonyl (C=O) groups is 3. The summed E-state index contributed by atoms with van der Waals surface area (Å²) in [5.41, 5.74) is 1.04. The van der Waals surface area contributed by atoms with E-state index in [1.54, 1.807) is 4.90 Å². The summed E-state index contributed by atoms with van der Waals surface area (Å²) in [6, 6.07) is -0.952. The molecule has 6 nitrogen and oxygen atoms in total. The van der Waals surface area contributed by atoms with Gasteiger partial charge in [0.05, 0.1) is 0 Å². The Kier molecular flexibility index (Phi) is 6.40. The Morgan fingerprint density at radius 1 is 1.38 bits per heavy atom. The van der Waals surface area contributed by atoms with Gasteiger partial charge in [0.1, 0.15) is 12.6 Å². The lowest BCUT2D eigenvalue weighted by Crippen LogP contribution is -2.43. The van der Waals surface area contributed by atoms with Crippen LogP contribution in [0.15, 0.2) is 11.8 Å². The van der Waals surface area contributed by atoms with Crippen molar-refractivity contribution in [3.63, 3.8) is 0 Å². The molecule has 0 bridgehead atoms. The average Bonchev–Trinajstić information content (AvgIpc) is 2.80. The van der Waals surface area contributed by atoms with Crippen molar-refractivity contribution in [1.82, 2.24) is 15.1 Å². The maximum atomic E-state index is 12.7. The molecule has 1 heterocycles. The van der Waals surface area contributed by atoms with Crippen LogP contribution in [0, 0.1) is 5.92 Å². The maximum Gasteiger partial charge on any atom is 0.325 e. The minimum absolute atomic E-state index is 0.168. The summed E-state index contributed by atoms with van der Waals surface area (Å²) in [5, 5.41) is 2.69. The molecule has 2 aliphatic rings. The lowest BCUT2D eigenvalue weighted by atomic mass is 10.0. The zero-order chi connectivity index (χ0) is 17.7. The smallest absolute Gasteiger partial charge is 0.325 e. The fourth-order valence-electron chi connectivity index (χ4n) is 3.30. The summed E-state index contributed by atoms with van der Waals surface area (Å²) in [6.45, 7) is 6.49. The van der Waals surface area contributed by atoms with Gasteiger partial charge in [0, 0.05) is 12.2 Å². The molecule has 2 rings (SSSR count). The molecule has 4 amide bonds. The van der Waals surface area contributed by atoms with Gasteiger partial charge in [0.25, 0.3) is 5.91 Å². The fraction of sp³-hybridized carbons (Fsp3) is 0.722. The first-order valence-corrected chi connectivity index (χ1v) is 9.05. The molecule has 1 saturated heterocycles. The predicted molar refractivity (Wildman–Crippen MR) is 92.0 cm³/mol. The Bertz CT molecular complexity index is 528. The van der Waals surface area contributed by atoms with Crippen molar-refractivity contribution in [3.05, 3.63) is 11.8 Å². The molecule has 0 aromatic carbocycles. The van der Waals surface area contributed by atoms with Gasteiger partial charge in [-0.15, -0.1) is 0 Å². The number of rotatable bonds is 7. The molecule has 24 heavy (non-hydrogen) atoms. The third-order valence-electron chi connectivity index (χ3n) is 4.47. The molecule has 1 aliphatic heterocycles. The van der Waals surface area contributed by atoms with E-state index in [0.717, 1.165) is 42.7 Å². The highest BCUT2D eigenvalue weighted by molar-refractivity contribution is 6.06. The molecule has 0 radical (unpaired) electrons. The van der Waals surface area contributed by atoms with E-state index in [-0.39, 0.29) is 18.4 Å². The summed E-state index contributed by atoms with van der Waals surface area (Å²) >= 11 is 0. The van der Waals surface area contributed by atoms with Crippen LogP contribution in [0.5, 0.6) is 0 Å². The van der Waals surface area contributed by atoms with E-state index in [4.69, 9.17) is 0 Å². The van der Waals surface area contributed by atoms with Crippen molar-refractivity contribution < 1.29 is 14.4 Å². The van der Waals surface area contributed by atoms with Gasteiger partial charge in [-0.1, -0.05) is 26.8 Å². The lowest BCUT2D eigenvalue weighted by molar-refractivity contribution is -0.136. The van der Waals surface area contributed by atoms with E-state index in [9.17, 15) is 14.4 Å². The third kappa shape index (κ3) is 4.36. The topological polar surface area (TPSA) is 69.7 Å². The largest absolute Gasteiger partial charge is 0.326 e. The number of urea groups is 1. The van der Waals surface area contributed by atoms with Gasteiger partial charge in [-0.2, -0.15) is 0 Å². The highest BCUT2D eigenvalue weighted by Crippen LogP contribution is 2.22. The van der Waals surface area contributed by atoms with Crippen LogP contribution in [-0.4, -0.2) is 46.8 Å². The highest BCUT2D eigenvalue weighted by Gasteiger charge is 2.39. The summed E-state index contributed by atoms with van der Waals surface area (Å²) in [7, 11) is 0. The Hall–Kier alpha value is -1.85. The fourth-order valence-corrected chi connectivity index (χ4v) is 3.30. The first kappa shape index (κ1) is 18.5. The molecule has 1 N–H and O–H groups in total. The summed E-state index contributed by atoms with van der Waals surface area (Å²) in [6.07, 6.45) is 7.67. The van der Waals surface area contributed by atoms with Gasteiger partial charge in [0.15, 0.2) is 0 Å². The Labute approximate surface area is 144 Å². The van der Waals surface area contributed by atoms with E-state index in [2.05, 4.69) is 11.4 Å². The van der Waals surface area contributed by atoms with Gasteiger partial charge in [0.2, 0.25) is 5.91 Å².